The highest BCUT2D eigenvalue weighted by molar-refractivity contribution is 7.12. The molecule has 2 heterocycles. The first-order valence-corrected chi connectivity index (χ1v) is 6.96. The predicted molar refractivity (Wildman–Crippen MR) is 69.2 cm³/mol. The Balaban J connectivity index is 2.20. The molecule has 1 aliphatic heterocycles. The smallest absolute Gasteiger partial charge is 0.0770 e. The third-order valence-corrected chi connectivity index (χ3v) is 4.16. The molecule has 2 rings (SSSR count). The van der Waals surface area contributed by atoms with Crippen LogP contribution in [0.1, 0.15) is 41.1 Å². The van der Waals surface area contributed by atoms with Gasteiger partial charge in [-0.2, -0.15) is 0 Å². The van der Waals surface area contributed by atoms with Crippen LogP contribution in [0.4, 0.5) is 0 Å². The minimum atomic E-state index is 0.368. The van der Waals surface area contributed by atoms with Gasteiger partial charge in [-0.15, -0.1) is 11.3 Å². The van der Waals surface area contributed by atoms with E-state index in [0.717, 1.165) is 13.2 Å². The number of thiophene rings is 1. The molecule has 0 aliphatic carbocycles. The summed E-state index contributed by atoms with van der Waals surface area (Å²) in [7, 11) is 0. The highest BCUT2D eigenvalue weighted by atomic mass is 32.1. The van der Waals surface area contributed by atoms with Crippen LogP contribution < -0.4 is 5.32 Å². The molecule has 90 valence electrons. The Labute approximate surface area is 102 Å². The second kappa shape index (κ2) is 5.30. The van der Waals surface area contributed by atoms with Crippen molar-refractivity contribution in [1.82, 2.24) is 5.32 Å². The average molecular weight is 239 g/mol. The van der Waals surface area contributed by atoms with Gasteiger partial charge in [-0.05, 0) is 44.9 Å². The standard InChI is InChI=1S/C13H21NOS/c1-4-14-13(12-6-5-7-15-12)11-8-9(2)16-10(11)3/h8,12-14H,4-7H2,1-3H3. The molecule has 1 aromatic heterocycles. The third-order valence-electron chi connectivity index (χ3n) is 3.18. The normalized spacial score (nSPS) is 22.6. The number of hydrogen-bond acceptors (Lipinski definition) is 3. The summed E-state index contributed by atoms with van der Waals surface area (Å²) >= 11 is 1.89. The molecule has 3 heteroatoms. The molecule has 0 amide bonds. The van der Waals surface area contributed by atoms with Crippen molar-refractivity contribution in [2.45, 2.75) is 45.8 Å². The van der Waals surface area contributed by atoms with Gasteiger partial charge in [0.25, 0.3) is 0 Å². The lowest BCUT2D eigenvalue weighted by atomic mass is 9.99. The Morgan fingerprint density at radius 1 is 1.56 bits per heavy atom. The average Bonchev–Trinajstić information content (AvgIpc) is 2.85. The molecule has 1 aliphatic rings. The minimum Gasteiger partial charge on any atom is -0.376 e. The zero-order valence-electron chi connectivity index (χ0n) is 10.4. The molecule has 1 N–H and O–H groups in total. The summed E-state index contributed by atoms with van der Waals surface area (Å²) in [6, 6.07) is 2.70. The van der Waals surface area contributed by atoms with Gasteiger partial charge in [0.2, 0.25) is 0 Å². The maximum Gasteiger partial charge on any atom is 0.0770 e. The van der Waals surface area contributed by atoms with E-state index in [4.69, 9.17) is 4.74 Å². The molecule has 0 radical (unpaired) electrons. The molecule has 1 aromatic rings. The van der Waals surface area contributed by atoms with Gasteiger partial charge in [-0.1, -0.05) is 6.92 Å². The highest BCUT2D eigenvalue weighted by Crippen LogP contribution is 2.32. The number of ether oxygens (including phenoxy) is 1. The number of hydrogen-bond donors (Lipinski definition) is 1. The maximum absolute atomic E-state index is 5.83. The topological polar surface area (TPSA) is 21.3 Å². The lowest BCUT2D eigenvalue weighted by Crippen LogP contribution is -2.31. The molecule has 2 atom stereocenters. The van der Waals surface area contributed by atoms with Gasteiger partial charge in [-0.3, -0.25) is 0 Å². The van der Waals surface area contributed by atoms with Gasteiger partial charge in [0, 0.05) is 16.4 Å². The van der Waals surface area contributed by atoms with Crippen molar-refractivity contribution in [2.24, 2.45) is 0 Å². The fourth-order valence-electron chi connectivity index (χ4n) is 2.49. The summed E-state index contributed by atoms with van der Waals surface area (Å²) in [6.45, 7) is 8.48. The molecule has 16 heavy (non-hydrogen) atoms. The minimum absolute atomic E-state index is 0.368. The van der Waals surface area contributed by atoms with Crippen molar-refractivity contribution in [1.29, 1.82) is 0 Å². The monoisotopic (exact) mass is 239 g/mol. The van der Waals surface area contributed by atoms with E-state index >= 15 is 0 Å². The molecule has 0 aromatic carbocycles. The summed E-state index contributed by atoms with van der Waals surface area (Å²) in [5, 5.41) is 3.58. The van der Waals surface area contributed by atoms with Gasteiger partial charge in [-0.25, -0.2) is 0 Å². The molecule has 2 unspecified atom stereocenters. The van der Waals surface area contributed by atoms with Gasteiger partial charge in [0.1, 0.15) is 0 Å². The van der Waals surface area contributed by atoms with Crippen LogP contribution in [-0.2, 0) is 4.74 Å². The third kappa shape index (κ3) is 2.47. The molecule has 0 spiro atoms. The molecule has 0 bridgehead atoms. The quantitative estimate of drug-likeness (QED) is 0.871. The Morgan fingerprint density at radius 3 is 2.88 bits per heavy atom. The van der Waals surface area contributed by atoms with Crippen LogP contribution in [-0.4, -0.2) is 19.3 Å². The highest BCUT2D eigenvalue weighted by Gasteiger charge is 2.28. The molecule has 0 saturated carbocycles. The van der Waals surface area contributed by atoms with Crippen molar-refractivity contribution in [2.75, 3.05) is 13.2 Å². The lowest BCUT2D eigenvalue weighted by Gasteiger charge is -2.24. The van der Waals surface area contributed by atoms with E-state index in [-0.39, 0.29) is 0 Å². The van der Waals surface area contributed by atoms with Crippen LogP contribution >= 0.6 is 11.3 Å². The van der Waals surface area contributed by atoms with E-state index in [1.165, 1.54) is 28.2 Å². The lowest BCUT2D eigenvalue weighted by molar-refractivity contribution is 0.0787. The van der Waals surface area contributed by atoms with Gasteiger partial charge in [0.05, 0.1) is 12.1 Å². The van der Waals surface area contributed by atoms with E-state index in [0.29, 0.717) is 12.1 Å². The van der Waals surface area contributed by atoms with E-state index in [9.17, 15) is 0 Å². The second-order valence-electron chi connectivity index (χ2n) is 4.46. The van der Waals surface area contributed by atoms with Crippen molar-refractivity contribution >= 4 is 11.3 Å². The summed E-state index contributed by atoms with van der Waals surface area (Å²) in [6.07, 6.45) is 2.76. The summed E-state index contributed by atoms with van der Waals surface area (Å²) in [4.78, 5) is 2.83. The number of aryl methyl sites for hydroxylation is 2. The van der Waals surface area contributed by atoms with Crippen molar-refractivity contribution < 1.29 is 4.74 Å². The van der Waals surface area contributed by atoms with Gasteiger partial charge in [0.15, 0.2) is 0 Å². The molecule has 2 nitrogen and oxygen atoms in total. The molecule has 1 saturated heterocycles. The van der Waals surface area contributed by atoms with E-state index in [2.05, 4.69) is 32.2 Å². The van der Waals surface area contributed by atoms with E-state index in [1.807, 2.05) is 11.3 Å². The Kier molecular flexibility index (Phi) is 4.00. The molecular formula is C13H21NOS. The zero-order valence-corrected chi connectivity index (χ0v) is 11.2. The number of nitrogens with one attached hydrogen (secondary N) is 1. The molecule has 1 fully saturated rings. The number of likely N-dealkylation sites (N-methyl/N-ethyl adjacent to an activating group) is 1. The Bertz CT molecular complexity index is 342. The van der Waals surface area contributed by atoms with E-state index in [1.54, 1.807) is 0 Å². The van der Waals surface area contributed by atoms with E-state index < -0.39 is 0 Å². The summed E-state index contributed by atoms with van der Waals surface area (Å²) in [5.41, 5.74) is 1.44. The van der Waals surface area contributed by atoms with Gasteiger partial charge >= 0.3 is 0 Å². The van der Waals surface area contributed by atoms with Crippen LogP contribution in [0.2, 0.25) is 0 Å². The fourth-order valence-corrected chi connectivity index (χ4v) is 3.46. The van der Waals surface area contributed by atoms with Crippen LogP contribution in [0.3, 0.4) is 0 Å². The van der Waals surface area contributed by atoms with Crippen LogP contribution in [0.5, 0.6) is 0 Å². The van der Waals surface area contributed by atoms with Crippen molar-refractivity contribution in [3.05, 3.63) is 21.4 Å². The van der Waals surface area contributed by atoms with Crippen LogP contribution in [0.25, 0.3) is 0 Å². The molecular weight excluding hydrogens is 218 g/mol. The SMILES string of the molecule is CCNC(c1cc(C)sc1C)C1CCCO1. The first-order valence-electron chi connectivity index (χ1n) is 6.14. The zero-order chi connectivity index (χ0) is 11.5. The Morgan fingerprint density at radius 2 is 2.38 bits per heavy atom. The van der Waals surface area contributed by atoms with Gasteiger partial charge < -0.3 is 10.1 Å². The fraction of sp³-hybridized carbons (Fsp3) is 0.692. The van der Waals surface area contributed by atoms with Crippen molar-refractivity contribution in [3.63, 3.8) is 0 Å². The van der Waals surface area contributed by atoms with Crippen LogP contribution in [0.15, 0.2) is 6.07 Å². The first-order chi connectivity index (χ1) is 7.72. The van der Waals surface area contributed by atoms with Crippen molar-refractivity contribution in [3.8, 4) is 0 Å². The Hall–Kier alpha value is -0.380. The van der Waals surface area contributed by atoms with Crippen LogP contribution in [0, 0.1) is 13.8 Å². The maximum atomic E-state index is 5.83. The predicted octanol–water partition coefficient (Wildman–Crippen LogP) is 3.19. The summed E-state index contributed by atoms with van der Waals surface area (Å²) in [5.74, 6) is 0. The second-order valence-corrected chi connectivity index (χ2v) is 5.92. The number of rotatable bonds is 4. The first kappa shape index (κ1) is 12.1. The largest absolute Gasteiger partial charge is 0.376 e. The summed E-state index contributed by atoms with van der Waals surface area (Å²) < 4.78 is 5.83.